The first-order valence-electron chi connectivity index (χ1n) is 6.38. The molecule has 2 rings (SSSR count). The molecule has 1 amide bonds. The van der Waals surface area contributed by atoms with Crippen molar-refractivity contribution < 1.29 is 4.79 Å². The third-order valence-corrected chi connectivity index (χ3v) is 4.19. The van der Waals surface area contributed by atoms with E-state index in [0.717, 1.165) is 17.3 Å². The van der Waals surface area contributed by atoms with Crippen LogP contribution in [-0.4, -0.2) is 26.4 Å². The molecule has 1 aromatic heterocycles. The standard InChI is InChI=1S/C13H16ClN5OS/c1-19-8-16-18-13(19)21-6-2-3-12(20)17-9-4-5-10(14)11(15)7-9/h4-5,7-8H,2-3,6,15H2,1H3,(H,17,20). The minimum atomic E-state index is -0.0460. The van der Waals surface area contributed by atoms with Gasteiger partial charge in [-0.15, -0.1) is 10.2 Å². The lowest BCUT2D eigenvalue weighted by atomic mass is 10.2. The van der Waals surface area contributed by atoms with E-state index in [1.165, 1.54) is 0 Å². The zero-order chi connectivity index (χ0) is 15.2. The molecule has 6 nitrogen and oxygen atoms in total. The van der Waals surface area contributed by atoms with Crippen LogP contribution in [0.3, 0.4) is 0 Å². The summed E-state index contributed by atoms with van der Waals surface area (Å²) < 4.78 is 1.85. The molecule has 0 bridgehead atoms. The summed E-state index contributed by atoms with van der Waals surface area (Å²) in [6.07, 6.45) is 2.85. The molecule has 0 unspecified atom stereocenters. The van der Waals surface area contributed by atoms with Crippen molar-refractivity contribution in [2.45, 2.75) is 18.0 Å². The third kappa shape index (κ3) is 4.64. The Hall–Kier alpha value is -1.73. The third-order valence-electron chi connectivity index (χ3n) is 2.73. The number of nitrogens with two attached hydrogens (primary N) is 1. The fraction of sp³-hybridized carbons (Fsp3) is 0.308. The number of halogens is 1. The van der Waals surface area contributed by atoms with Gasteiger partial charge in [0.2, 0.25) is 5.91 Å². The number of nitrogens with zero attached hydrogens (tertiary/aromatic N) is 3. The Morgan fingerprint density at radius 3 is 3.00 bits per heavy atom. The van der Waals surface area contributed by atoms with Crippen molar-refractivity contribution >= 4 is 40.6 Å². The number of nitrogen functional groups attached to an aromatic ring is 1. The molecular weight excluding hydrogens is 310 g/mol. The van der Waals surface area contributed by atoms with Crippen LogP contribution in [0, 0.1) is 0 Å². The van der Waals surface area contributed by atoms with Gasteiger partial charge < -0.3 is 15.6 Å². The van der Waals surface area contributed by atoms with Gasteiger partial charge in [-0.2, -0.15) is 0 Å². The van der Waals surface area contributed by atoms with Gasteiger partial charge in [0.25, 0.3) is 0 Å². The SMILES string of the molecule is Cn1cnnc1SCCCC(=O)Nc1ccc(Cl)c(N)c1. The number of hydrogen-bond donors (Lipinski definition) is 2. The summed E-state index contributed by atoms with van der Waals surface area (Å²) in [6, 6.07) is 5.04. The Bertz CT molecular complexity index is 631. The molecule has 0 saturated heterocycles. The summed E-state index contributed by atoms with van der Waals surface area (Å²) in [5.74, 6) is 0.762. The van der Waals surface area contributed by atoms with E-state index in [-0.39, 0.29) is 5.91 Å². The molecule has 0 saturated carbocycles. The highest BCUT2D eigenvalue weighted by atomic mass is 35.5. The van der Waals surface area contributed by atoms with Crippen LogP contribution >= 0.6 is 23.4 Å². The maximum absolute atomic E-state index is 11.8. The maximum Gasteiger partial charge on any atom is 0.224 e. The minimum absolute atomic E-state index is 0.0460. The van der Waals surface area contributed by atoms with Crippen molar-refractivity contribution in [3.63, 3.8) is 0 Å². The first-order chi connectivity index (χ1) is 10.1. The van der Waals surface area contributed by atoms with E-state index in [9.17, 15) is 4.79 Å². The van der Waals surface area contributed by atoms with E-state index < -0.39 is 0 Å². The average Bonchev–Trinajstić information content (AvgIpc) is 2.85. The highest BCUT2D eigenvalue weighted by Crippen LogP contribution is 2.22. The van der Waals surface area contributed by atoms with Crippen molar-refractivity contribution in [2.24, 2.45) is 7.05 Å². The quantitative estimate of drug-likeness (QED) is 0.484. The number of carbonyl (C=O) groups excluding carboxylic acids is 1. The summed E-state index contributed by atoms with van der Waals surface area (Å²) in [5.41, 5.74) is 6.79. The highest BCUT2D eigenvalue weighted by Gasteiger charge is 2.06. The molecule has 0 aliphatic rings. The average molecular weight is 326 g/mol. The monoisotopic (exact) mass is 325 g/mol. The van der Waals surface area contributed by atoms with Crippen molar-refractivity contribution in [3.8, 4) is 0 Å². The lowest BCUT2D eigenvalue weighted by Gasteiger charge is -2.06. The molecule has 1 aromatic carbocycles. The number of rotatable bonds is 6. The summed E-state index contributed by atoms with van der Waals surface area (Å²) in [4.78, 5) is 11.8. The van der Waals surface area contributed by atoms with Crippen LogP contribution in [0.4, 0.5) is 11.4 Å². The number of amides is 1. The first kappa shape index (κ1) is 15.7. The number of anilines is 2. The first-order valence-corrected chi connectivity index (χ1v) is 7.74. The molecule has 112 valence electrons. The van der Waals surface area contributed by atoms with Crippen LogP contribution in [0.5, 0.6) is 0 Å². The second kappa shape index (κ2) is 7.33. The topological polar surface area (TPSA) is 85.8 Å². The van der Waals surface area contributed by atoms with E-state index in [4.69, 9.17) is 17.3 Å². The molecule has 0 radical (unpaired) electrons. The zero-order valence-electron chi connectivity index (χ0n) is 11.5. The van der Waals surface area contributed by atoms with Crippen LogP contribution in [0.1, 0.15) is 12.8 Å². The van der Waals surface area contributed by atoms with Crippen molar-refractivity contribution in [2.75, 3.05) is 16.8 Å². The molecule has 3 N–H and O–H groups in total. The van der Waals surface area contributed by atoms with Gasteiger partial charge in [0.1, 0.15) is 6.33 Å². The molecule has 0 spiro atoms. The predicted molar refractivity (Wildman–Crippen MR) is 85.5 cm³/mol. The lowest BCUT2D eigenvalue weighted by Crippen LogP contribution is -2.11. The Labute approximate surface area is 132 Å². The fourth-order valence-electron chi connectivity index (χ4n) is 1.64. The van der Waals surface area contributed by atoms with Crippen LogP contribution in [-0.2, 0) is 11.8 Å². The molecule has 1 heterocycles. The van der Waals surface area contributed by atoms with Crippen molar-refractivity contribution in [1.82, 2.24) is 14.8 Å². The van der Waals surface area contributed by atoms with Crippen LogP contribution < -0.4 is 11.1 Å². The Morgan fingerprint density at radius 2 is 2.33 bits per heavy atom. The Balaban J connectivity index is 1.72. The van der Waals surface area contributed by atoms with E-state index >= 15 is 0 Å². The van der Waals surface area contributed by atoms with Gasteiger partial charge in [0.05, 0.1) is 10.7 Å². The van der Waals surface area contributed by atoms with Gasteiger partial charge in [0, 0.05) is 24.9 Å². The molecular formula is C13H16ClN5OS. The van der Waals surface area contributed by atoms with Crippen LogP contribution in [0.25, 0.3) is 0 Å². The summed E-state index contributed by atoms with van der Waals surface area (Å²) in [6.45, 7) is 0. The normalized spacial score (nSPS) is 10.6. The van der Waals surface area contributed by atoms with E-state index in [2.05, 4.69) is 15.5 Å². The van der Waals surface area contributed by atoms with E-state index in [1.807, 2.05) is 11.6 Å². The van der Waals surface area contributed by atoms with Crippen molar-refractivity contribution in [3.05, 3.63) is 29.5 Å². The largest absolute Gasteiger partial charge is 0.397 e. The smallest absolute Gasteiger partial charge is 0.224 e. The summed E-state index contributed by atoms with van der Waals surface area (Å²) in [7, 11) is 1.89. The van der Waals surface area contributed by atoms with Gasteiger partial charge in [-0.05, 0) is 24.6 Å². The second-order valence-corrected chi connectivity index (χ2v) is 5.93. The number of aromatic nitrogens is 3. The predicted octanol–water partition coefficient (Wildman–Crippen LogP) is 2.56. The summed E-state index contributed by atoms with van der Waals surface area (Å²) in [5, 5.41) is 11.9. The number of hydrogen-bond acceptors (Lipinski definition) is 5. The van der Waals surface area contributed by atoms with Gasteiger partial charge in [-0.25, -0.2) is 0 Å². The molecule has 0 aliphatic heterocycles. The number of aryl methyl sites for hydroxylation is 1. The van der Waals surface area contributed by atoms with E-state index in [1.54, 1.807) is 36.3 Å². The Kier molecular flexibility index (Phi) is 5.46. The lowest BCUT2D eigenvalue weighted by molar-refractivity contribution is -0.116. The van der Waals surface area contributed by atoms with Crippen LogP contribution in [0.15, 0.2) is 29.7 Å². The summed E-state index contributed by atoms with van der Waals surface area (Å²) >= 11 is 7.41. The number of nitrogens with one attached hydrogen (secondary N) is 1. The molecule has 2 aromatic rings. The maximum atomic E-state index is 11.8. The zero-order valence-corrected chi connectivity index (χ0v) is 13.1. The molecule has 8 heteroatoms. The second-order valence-electron chi connectivity index (χ2n) is 4.46. The van der Waals surface area contributed by atoms with Gasteiger partial charge in [-0.3, -0.25) is 4.79 Å². The fourth-order valence-corrected chi connectivity index (χ4v) is 2.59. The van der Waals surface area contributed by atoms with Crippen LogP contribution in [0.2, 0.25) is 5.02 Å². The minimum Gasteiger partial charge on any atom is -0.397 e. The number of thioether (sulfide) groups is 1. The number of benzene rings is 1. The Morgan fingerprint density at radius 1 is 1.52 bits per heavy atom. The van der Waals surface area contributed by atoms with E-state index in [0.29, 0.717) is 22.8 Å². The molecule has 0 fully saturated rings. The molecule has 0 aliphatic carbocycles. The van der Waals surface area contributed by atoms with Crippen molar-refractivity contribution in [1.29, 1.82) is 0 Å². The van der Waals surface area contributed by atoms with Gasteiger partial charge in [0.15, 0.2) is 5.16 Å². The molecule has 0 atom stereocenters. The molecule has 21 heavy (non-hydrogen) atoms. The van der Waals surface area contributed by atoms with Gasteiger partial charge >= 0.3 is 0 Å². The highest BCUT2D eigenvalue weighted by molar-refractivity contribution is 7.99. The van der Waals surface area contributed by atoms with Gasteiger partial charge in [-0.1, -0.05) is 23.4 Å². The number of carbonyl (C=O) groups is 1.